The van der Waals surface area contributed by atoms with Crippen molar-refractivity contribution in [2.24, 2.45) is 0 Å². The van der Waals surface area contributed by atoms with Gasteiger partial charge in [0, 0.05) is 0 Å². The highest BCUT2D eigenvalue weighted by Gasteiger charge is 2.22. The van der Waals surface area contributed by atoms with Crippen LogP contribution in [0.3, 0.4) is 0 Å². The number of carbonyl (C=O) groups is 1. The second-order valence-electron chi connectivity index (χ2n) is 3.18. The van der Waals surface area contributed by atoms with Gasteiger partial charge < -0.3 is 4.74 Å². The fourth-order valence-electron chi connectivity index (χ4n) is 1.18. The van der Waals surface area contributed by atoms with Gasteiger partial charge in [0.25, 0.3) is 0 Å². The first kappa shape index (κ1) is 15.2. The molecule has 0 aliphatic carbocycles. The average molecular weight is 312 g/mol. The largest absolute Gasteiger partial charge is 0.465 e. The summed E-state index contributed by atoms with van der Waals surface area (Å²) >= 11 is 11.5. The lowest BCUT2D eigenvalue weighted by Gasteiger charge is -2.09. The maximum absolute atomic E-state index is 11.9. The number of carbonyl (C=O) groups excluding carboxylic acids is 1. The lowest BCUT2D eigenvalue weighted by Crippen LogP contribution is -2.31. The van der Waals surface area contributed by atoms with E-state index in [-0.39, 0.29) is 21.5 Å². The molecule has 0 bridgehead atoms. The summed E-state index contributed by atoms with van der Waals surface area (Å²) in [5.74, 6) is -0.677. The van der Waals surface area contributed by atoms with Crippen LogP contribution in [0, 0.1) is 0 Å². The van der Waals surface area contributed by atoms with Gasteiger partial charge in [-0.1, -0.05) is 29.3 Å². The minimum Gasteiger partial charge on any atom is -0.465 e. The van der Waals surface area contributed by atoms with Crippen LogP contribution in [0.5, 0.6) is 0 Å². The number of nitrogens with one attached hydrogen (secondary N) is 1. The zero-order chi connectivity index (χ0) is 13.8. The molecule has 0 amide bonds. The zero-order valence-electron chi connectivity index (χ0n) is 9.44. The van der Waals surface area contributed by atoms with Crippen LogP contribution in [0.4, 0.5) is 0 Å². The topological polar surface area (TPSA) is 72.5 Å². The molecule has 0 radical (unpaired) electrons. The molecule has 0 aliphatic heterocycles. The van der Waals surface area contributed by atoms with E-state index in [1.54, 1.807) is 6.92 Å². The third-order valence-electron chi connectivity index (χ3n) is 1.90. The molecule has 1 N–H and O–H groups in total. The van der Waals surface area contributed by atoms with E-state index in [0.717, 1.165) is 0 Å². The predicted molar refractivity (Wildman–Crippen MR) is 68.3 cm³/mol. The Morgan fingerprint density at radius 2 is 1.89 bits per heavy atom. The monoisotopic (exact) mass is 311 g/mol. The van der Waals surface area contributed by atoms with Crippen LogP contribution in [-0.2, 0) is 19.6 Å². The van der Waals surface area contributed by atoms with Gasteiger partial charge in [0.15, 0.2) is 0 Å². The molecule has 0 fully saturated rings. The highest BCUT2D eigenvalue weighted by atomic mass is 35.5. The van der Waals surface area contributed by atoms with Gasteiger partial charge in [-0.05, 0) is 19.1 Å². The Labute approximate surface area is 115 Å². The Balaban J connectivity index is 2.91. The normalized spacial score (nSPS) is 11.3. The van der Waals surface area contributed by atoms with E-state index in [9.17, 15) is 13.2 Å². The molecule has 0 saturated carbocycles. The number of rotatable bonds is 5. The second kappa shape index (κ2) is 6.38. The van der Waals surface area contributed by atoms with Crippen molar-refractivity contribution < 1.29 is 17.9 Å². The van der Waals surface area contributed by atoms with E-state index in [0.29, 0.717) is 0 Å². The number of esters is 1. The smallest absolute Gasteiger partial charge is 0.321 e. The summed E-state index contributed by atoms with van der Waals surface area (Å²) in [7, 11) is -3.95. The summed E-state index contributed by atoms with van der Waals surface area (Å²) in [5, 5.41) is -0.0299. The van der Waals surface area contributed by atoms with Crippen molar-refractivity contribution in [1.29, 1.82) is 0 Å². The first-order valence-electron chi connectivity index (χ1n) is 4.97. The minimum absolute atomic E-state index is 0.0149. The average Bonchev–Trinajstić information content (AvgIpc) is 2.26. The van der Waals surface area contributed by atoms with E-state index < -0.39 is 22.5 Å². The van der Waals surface area contributed by atoms with Crippen molar-refractivity contribution in [3.05, 3.63) is 28.2 Å². The zero-order valence-corrected chi connectivity index (χ0v) is 11.8. The van der Waals surface area contributed by atoms with Crippen molar-refractivity contribution in [2.75, 3.05) is 13.2 Å². The molecule has 8 heteroatoms. The molecule has 0 aromatic heterocycles. The highest BCUT2D eigenvalue weighted by molar-refractivity contribution is 7.89. The molecule has 18 heavy (non-hydrogen) atoms. The quantitative estimate of drug-likeness (QED) is 0.842. The summed E-state index contributed by atoms with van der Waals surface area (Å²) < 4.78 is 30.5. The molecule has 1 rings (SSSR count). The summed E-state index contributed by atoms with van der Waals surface area (Å²) in [5.41, 5.74) is 0. The van der Waals surface area contributed by atoms with Gasteiger partial charge in [0.05, 0.1) is 16.7 Å². The Hall–Kier alpha value is -0.820. The third-order valence-corrected chi connectivity index (χ3v) is 4.26. The van der Waals surface area contributed by atoms with Crippen LogP contribution >= 0.6 is 23.2 Å². The summed E-state index contributed by atoms with van der Waals surface area (Å²) in [6.45, 7) is 1.32. The lowest BCUT2D eigenvalue weighted by molar-refractivity contribution is -0.141. The van der Waals surface area contributed by atoms with E-state index in [4.69, 9.17) is 23.2 Å². The molecular weight excluding hydrogens is 301 g/mol. The van der Waals surface area contributed by atoms with E-state index >= 15 is 0 Å². The first-order chi connectivity index (χ1) is 8.38. The Kier molecular flexibility index (Phi) is 5.40. The molecule has 0 aliphatic rings. The SMILES string of the molecule is CCOC(=O)CNS(=O)(=O)c1c(Cl)cccc1Cl. The van der Waals surface area contributed by atoms with Gasteiger partial charge in [-0.25, -0.2) is 8.42 Å². The molecular formula is C10H11Cl2NO4S. The Bertz CT molecular complexity index is 525. The van der Waals surface area contributed by atoms with Gasteiger partial charge in [0.2, 0.25) is 10.0 Å². The predicted octanol–water partition coefficient (Wildman–Crippen LogP) is 1.83. The molecule has 5 nitrogen and oxygen atoms in total. The number of hydrogen-bond donors (Lipinski definition) is 1. The van der Waals surface area contributed by atoms with Gasteiger partial charge in [-0.2, -0.15) is 4.72 Å². The maximum Gasteiger partial charge on any atom is 0.321 e. The molecule has 0 heterocycles. The van der Waals surface area contributed by atoms with Crippen molar-refractivity contribution in [2.45, 2.75) is 11.8 Å². The number of benzene rings is 1. The minimum atomic E-state index is -3.95. The highest BCUT2D eigenvalue weighted by Crippen LogP contribution is 2.28. The third kappa shape index (κ3) is 3.84. The van der Waals surface area contributed by atoms with Gasteiger partial charge in [-0.15, -0.1) is 0 Å². The lowest BCUT2D eigenvalue weighted by atomic mass is 10.4. The van der Waals surface area contributed by atoms with Crippen LogP contribution in [0.25, 0.3) is 0 Å². The van der Waals surface area contributed by atoms with Crippen molar-refractivity contribution in [3.63, 3.8) is 0 Å². The molecule has 0 unspecified atom stereocenters. The van der Waals surface area contributed by atoms with E-state index in [1.165, 1.54) is 18.2 Å². The van der Waals surface area contributed by atoms with Gasteiger partial charge in [-0.3, -0.25) is 4.79 Å². The molecule has 0 spiro atoms. The number of hydrogen-bond acceptors (Lipinski definition) is 4. The van der Waals surface area contributed by atoms with Crippen LogP contribution in [0.2, 0.25) is 10.0 Å². The summed E-state index contributed by atoms with van der Waals surface area (Å²) in [6, 6.07) is 4.31. The van der Waals surface area contributed by atoms with Crippen LogP contribution in [0.15, 0.2) is 23.1 Å². The first-order valence-corrected chi connectivity index (χ1v) is 7.21. The standard InChI is InChI=1S/C10H11Cl2NO4S/c1-2-17-9(14)6-13-18(15,16)10-7(11)4-3-5-8(10)12/h3-5,13H,2,6H2,1H3. The fourth-order valence-corrected chi connectivity index (χ4v) is 3.29. The number of sulfonamides is 1. The number of ether oxygens (including phenoxy) is 1. The summed E-state index contributed by atoms with van der Waals surface area (Å²) in [6.07, 6.45) is 0. The van der Waals surface area contributed by atoms with E-state index in [2.05, 4.69) is 9.46 Å². The summed E-state index contributed by atoms with van der Waals surface area (Å²) in [4.78, 5) is 10.8. The second-order valence-corrected chi connectivity index (χ2v) is 5.70. The molecule has 0 atom stereocenters. The molecule has 100 valence electrons. The van der Waals surface area contributed by atoms with E-state index in [1.807, 2.05) is 0 Å². The Morgan fingerprint density at radius 1 is 1.33 bits per heavy atom. The van der Waals surface area contributed by atoms with Gasteiger partial charge in [0.1, 0.15) is 11.4 Å². The van der Waals surface area contributed by atoms with Crippen LogP contribution in [0.1, 0.15) is 6.92 Å². The van der Waals surface area contributed by atoms with Crippen molar-refractivity contribution in [3.8, 4) is 0 Å². The maximum atomic E-state index is 11.9. The fraction of sp³-hybridized carbons (Fsp3) is 0.300. The molecule has 0 saturated heterocycles. The number of halogens is 2. The molecule has 1 aromatic rings. The Morgan fingerprint density at radius 3 is 2.39 bits per heavy atom. The van der Waals surface area contributed by atoms with Crippen LogP contribution in [-0.4, -0.2) is 27.5 Å². The molecule has 1 aromatic carbocycles. The van der Waals surface area contributed by atoms with Crippen molar-refractivity contribution in [1.82, 2.24) is 4.72 Å². The van der Waals surface area contributed by atoms with Crippen LogP contribution < -0.4 is 4.72 Å². The van der Waals surface area contributed by atoms with Crippen molar-refractivity contribution >= 4 is 39.2 Å². The van der Waals surface area contributed by atoms with Gasteiger partial charge >= 0.3 is 5.97 Å².